The molecule has 1 aliphatic heterocycles. The minimum Gasteiger partial charge on any atom is -0.319 e. The maximum Gasteiger partial charge on any atom is 0.250 e. The lowest BCUT2D eigenvalue weighted by Crippen LogP contribution is -2.45. The van der Waals surface area contributed by atoms with E-state index in [1.807, 2.05) is 24.4 Å². The Kier molecular flexibility index (Phi) is 4.88. The van der Waals surface area contributed by atoms with Crippen LogP contribution in [-0.2, 0) is 20.1 Å². The smallest absolute Gasteiger partial charge is 0.250 e. The zero-order valence-electron chi connectivity index (χ0n) is 13.4. The van der Waals surface area contributed by atoms with Crippen molar-refractivity contribution in [2.24, 2.45) is 7.05 Å². The van der Waals surface area contributed by atoms with E-state index < -0.39 is 0 Å². The van der Waals surface area contributed by atoms with Gasteiger partial charge in [0, 0.05) is 64.1 Å². The summed E-state index contributed by atoms with van der Waals surface area (Å²) in [6.07, 6.45) is 1.81. The third kappa shape index (κ3) is 4.06. The molecule has 2 heterocycles. The molecule has 2 aromatic rings. The number of aryl methyl sites for hydroxylation is 1. The minimum atomic E-state index is -0.130. The standard InChI is InChI=1S/C18H22FN3O/c1-20-7-6-15(12-18(20)23)13-21-8-10-22(11-9-21)14-16-4-2-3-5-17(16)19/h2-7,12H,8-11,13-14H2,1H3. The van der Waals surface area contributed by atoms with Crippen LogP contribution in [0, 0.1) is 5.82 Å². The van der Waals surface area contributed by atoms with Crippen molar-refractivity contribution in [2.75, 3.05) is 26.2 Å². The number of pyridine rings is 1. The summed E-state index contributed by atoms with van der Waals surface area (Å²) in [4.78, 5) is 16.3. The maximum atomic E-state index is 13.7. The molecule has 3 rings (SSSR count). The van der Waals surface area contributed by atoms with E-state index in [1.165, 1.54) is 6.07 Å². The summed E-state index contributed by atoms with van der Waals surface area (Å²) in [6.45, 7) is 5.15. The van der Waals surface area contributed by atoms with E-state index in [0.717, 1.165) is 43.9 Å². The Hall–Kier alpha value is -1.98. The van der Waals surface area contributed by atoms with Crippen molar-refractivity contribution >= 4 is 0 Å². The van der Waals surface area contributed by atoms with Crippen LogP contribution in [0.1, 0.15) is 11.1 Å². The van der Waals surface area contributed by atoms with Gasteiger partial charge in [0.05, 0.1) is 0 Å². The summed E-state index contributed by atoms with van der Waals surface area (Å²) in [5.41, 5.74) is 1.84. The number of aromatic nitrogens is 1. The molecule has 23 heavy (non-hydrogen) atoms. The molecular weight excluding hydrogens is 293 g/mol. The fourth-order valence-electron chi connectivity index (χ4n) is 2.92. The highest BCUT2D eigenvalue weighted by atomic mass is 19.1. The van der Waals surface area contributed by atoms with Crippen LogP contribution in [0.3, 0.4) is 0 Å². The van der Waals surface area contributed by atoms with Crippen molar-refractivity contribution in [1.82, 2.24) is 14.4 Å². The van der Waals surface area contributed by atoms with Crippen LogP contribution in [0.4, 0.5) is 4.39 Å². The largest absolute Gasteiger partial charge is 0.319 e. The Bertz CT molecular complexity index is 720. The molecule has 1 aromatic carbocycles. The van der Waals surface area contributed by atoms with Crippen LogP contribution in [0.2, 0.25) is 0 Å². The first kappa shape index (κ1) is 15.9. The molecular formula is C18H22FN3O. The van der Waals surface area contributed by atoms with E-state index in [4.69, 9.17) is 0 Å². The number of rotatable bonds is 4. The van der Waals surface area contributed by atoms with Crippen LogP contribution in [-0.4, -0.2) is 40.5 Å². The minimum absolute atomic E-state index is 0.0284. The molecule has 0 radical (unpaired) electrons. The Morgan fingerprint density at radius 2 is 1.65 bits per heavy atom. The van der Waals surface area contributed by atoms with Gasteiger partial charge in [-0.3, -0.25) is 14.6 Å². The molecule has 0 unspecified atom stereocenters. The number of piperazine rings is 1. The van der Waals surface area contributed by atoms with E-state index in [9.17, 15) is 9.18 Å². The topological polar surface area (TPSA) is 28.5 Å². The Balaban J connectivity index is 1.53. The lowest BCUT2D eigenvalue weighted by molar-refractivity contribution is 0.121. The van der Waals surface area contributed by atoms with Crippen molar-refractivity contribution < 1.29 is 4.39 Å². The van der Waals surface area contributed by atoms with Gasteiger partial charge in [-0.25, -0.2) is 4.39 Å². The van der Waals surface area contributed by atoms with E-state index in [0.29, 0.717) is 6.54 Å². The maximum absolute atomic E-state index is 13.7. The van der Waals surface area contributed by atoms with Gasteiger partial charge in [0.15, 0.2) is 0 Å². The van der Waals surface area contributed by atoms with Crippen molar-refractivity contribution in [1.29, 1.82) is 0 Å². The van der Waals surface area contributed by atoms with Crippen LogP contribution in [0.25, 0.3) is 0 Å². The van der Waals surface area contributed by atoms with Crippen LogP contribution in [0.15, 0.2) is 47.4 Å². The molecule has 0 bridgehead atoms. The number of hydrogen-bond donors (Lipinski definition) is 0. The first-order valence-corrected chi connectivity index (χ1v) is 7.95. The number of benzene rings is 1. The summed E-state index contributed by atoms with van der Waals surface area (Å²) in [5, 5.41) is 0. The SMILES string of the molecule is Cn1ccc(CN2CCN(Cc3ccccc3F)CC2)cc1=O. The molecule has 1 saturated heterocycles. The highest BCUT2D eigenvalue weighted by Gasteiger charge is 2.18. The van der Waals surface area contributed by atoms with Crippen LogP contribution >= 0.6 is 0 Å². The second-order valence-electron chi connectivity index (χ2n) is 6.13. The van der Waals surface area contributed by atoms with Gasteiger partial charge in [0.1, 0.15) is 5.82 Å². The molecule has 0 amide bonds. The molecule has 0 N–H and O–H groups in total. The highest BCUT2D eigenvalue weighted by molar-refractivity contribution is 5.17. The molecule has 0 aliphatic carbocycles. The first-order valence-electron chi connectivity index (χ1n) is 7.95. The number of halogens is 1. The lowest BCUT2D eigenvalue weighted by atomic mass is 10.1. The Labute approximate surface area is 135 Å². The molecule has 0 saturated carbocycles. The predicted octanol–water partition coefficient (Wildman–Crippen LogP) is 1.84. The zero-order chi connectivity index (χ0) is 16.2. The number of nitrogens with zero attached hydrogens (tertiary/aromatic N) is 3. The molecule has 1 aliphatic rings. The second kappa shape index (κ2) is 7.06. The van der Waals surface area contributed by atoms with Crippen molar-refractivity contribution in [3.63, 3.8) is 0 Å². The average Bonchev–Trinajstić information content (AvgIpc) is 2.55. The predicted molar refractivity (Wildman–Crippen MR) is 88.6 cm³/mol. The van der Waals surface area contributed by atoms with Gasteiger partial charge in [-0.05, 0) is 17.7 Å². The fourth-order valence-corrected chi connectivity index (χ4v) is 2.92. The zero-order valence-corrected chi connectivity index (χ0v) is 13.4. The average molecular weight is 315 g/mol. The Morgan fingerprint density at radius 3 is 2.30 bits per heavy atom. The fraction of sp³-hybridized carbons (Fsp3) is 0.389. The summed E-state index contributed by atoms with van der Waals surface area (Å²) >= 11 is 0. The van der Waals surface area contributed by atoms with E-state index in [2.05, 4.69) is 9.80 Å². The number of hydrogen-bond acceptors (Lipinski definition) is 3. The van der Waals surface area contributed by atoms with Crippen LogP contribution in [0.5, 0.6) is 0 Å². The third-order valence-electron chi connectivity index (χ3n) is 4.39. The summed E-state index contributed by atoms with van der Waals surface area (Å²) in [5.74, 6) is -0.130. The molecule has 1 aromatic heterocycles. The molecule has 122 valence electrons. The molecule has 4 nitrogen and oxygen atoms in total. The van der Waals surface area contributed by atoms with Crippen molar-refractivity contribution in [3.05, 3.63) is 69.9 Å². The molecule has 0 spiro atoms. The van der Waals surface area contributed by atoms with Gasteiger partial charge in [-0.15, -0.1) is 0 Å². The van der Waals surface area contributed by atoms with Crippen molar-refractivity contribution in [2.45, 2.75) is 13.1 Å². The van der Waals surface area contributed by atoms with E-state index >= 15 is 0 Å². The van der Waals surface area contributed by atoms with E-state index in [-0.39, 0.29) is 11.4 Å². The van der Waals surface area contributed by atoms with E-state index in [1.54, 1.807) is 23.7 Å². The quantitative estimate of drug-likeness (QED) is 0.862. The van der Waals surface area contributed by atoms with Gasteiger partial charge in [0.25, 0.3) is 5.56 Å². The summed E-state index contributed by atoms with van der Waals surface area (Å²) in [6, 6.07) is 10.7. The summed E-state index contributed by atoms with van der Waals surface area (Å²) in [7, 11) is 1.76. The third-order valence-corrected chi connectivity index (χ3v) is 4.39. The van der Waals surface area contributed by atoms with Gasteiger partial charge in [-0.2, -0.15) is 0 Å². The second-order valence-corrected chi connectivity index (χ2v) is 6.13. The monoisotopic (exact) mass is 315 g/mol. The first-order chi connectivity index (χ1) is 11.1. The Morgan fingerprint density at radius 1 is 1.00 bits per heavy atom. The molecule has 1 fully saturated rings. The van der Waals surface area contributed by atoms with Crippen LogP contribution < -0.4 is 5.56 Å². The van der Waals surface area contributed by atoms with Gasteiger partial charge in [0.2, 0.25) is 0 Å². The summed E-state index contributed by atoms with van der Waals surface area (Å²) < 4.78 is 15.3. The normalized spacial score (nSPS) is 16.6. The van der Waals surface area contributed by atoms with Gasteiger partial charge in [-0.1, -0.05) is 18.2 Å². The molecule has 5 heteroatoms. The molecule has 0 atom stereocenters. The van der Waals surface area contributed by atoms with Gasteiger partial charge >= 0.3 is 0 Å². The van der Waals surface area contributed by atoms with Gasteiger partial charge < -0.3 is 4.57 Å². The highest BCUT2D eigenvalue weighted by Crippen LogP contribution is 2.13. The van der Waals surface area contributed by atoms with Crippen molar-refractivity contribution in [3.8, 4) is 0 Å². The lowest BCUT2D eigenvalue weighted by Gasteiger charge is -2.34.